The lowest BCUT2D eigenvalue weighted by Gasteiger charge is -2.64. The number of aromatic nitrogens is 1. The van der Waals surface area contributed by atoms with Gasteiger partial charge in [0, 0.05) is 60.7 Å². The van der Waals surface area contributed by atoms with Gasteiger partial charge in [-0.3, -0.25) is 9.59 Å². The summed E-state index contributed by atoms with van der Waals surface area (Å²) in [6.45, 7) is 0. The van der Waals surface area contributed by atoms with Crippen molar-refractivity contribution in [3.8, 4) is 0 Å². The van der Waals surface area contributed by atoms with E-state index in [4.69, 9.17) is 0 Å². The van der Waals surface area contributed by atoms with Crippen molar-refractivity contribution in [3.63, 3.8) is 0 Å². The van der Waals surface area contributed by atoms with E-state index in [0.29, 0.717) is 0 Å². The number of nitrogens with zero attached hydrogens (tertiary/aromatic N) is 1. The number of ketones is 2. The Morgan fingerprint density at radius 3 is 1.25 bits per heavy atom. The first-order chi connectivity index (χ1) is 32.1. The smallest absolute Gasteiger partial charge is 0.171 e. The summed E-state index contributed by atoms with van der Waals surface area (Å²) in [5.41, 5.74) is 16.7. The minimum Gasteiger partial charge on any atom is -0.308 e. The van der Waals surface area contributed by atoms with Crippen LogP contribution in [0.3, 0.4) is 0 Å². The summed E-state index contributed by atoms with van der Waals surface area (Å²) in [7, 11) is 0. The Bertz CT molecular complexity index is 4400. The number of hydrogen-bond acceptors (Lipinski definition) is 2. The second-order valence-corrected chi connectivity index (χ2v) is 20.0. The summed E-state index contributed by atoms with van der Waals surface area (Å²) in [6.07, 6.45) is 0. The normalized spacial score (nSPS) is 24.5. The summed E-state index contributed by atoms with van der Waals surface area (Å²) in [6, 6.07) is 64.6. The maximum absolute atomic E-state index is 15.4. The van der Waals surface area contributed by atoms with Crippen molar-refractivity contribution >= 4 is 82.0 Å². The van der Waals surface area contributed by atoms with Crippen LogP contribution >= 0.6 is 0 Å². The molecule has 12 aromatic rings. The standard InChI is InChI=1S/C62H33NO2/c64-59-43-28-50-38(25-40(43)54-34-17-5-9-21-46(34)61(54)48-23-11-7-19-36(48)56(59)61)42-26-39-32-15-2-1-13-30(32)31-14-3-4-16-33(31)52(39)53-45-27-41-44(29-51(45)63(50)58(42)53)60(65)57-37-20-8-12-24-49(37)62(57)47-22-10-6-18-35(47)55(41)62/h1-29,54-57H. The van der Waals surface area contributed by atoms with Crippen LogP contribution in [0.2, 0.25) is 0 Å². The largest absolute Gasteiger partial charge is 0.308 e. The van der Waals surface area contributed by atoms with E-state index in [1.807, 2.05) is 0 Å². The fourth-order valence-electron chi connectivity index (χ4n) is 15.9. The summed E-state index contributed by atoms with van der Waals surface area (Å²) in [5.74, 6) is 0.177. The topological polar surface area (TPSA) is 38.5 Å². The summed E-state index contributed by atoms with van der Waals surface area (Å²) in [5, 5.41) is 12.2. The van der Waals surface area contributed by atoms with Crippen LogP contribution in [0.1, 0.15) is 100 Å². The van der Waals surface area contributed by atoms with Crippen LogP contribution in [-0.4, -0.2) is 16.0 Å². The first-order valence-electron chi connectivity index (χ1n) is 23.1. The van der Waals surface area contributed by atoms with E-state index >= 15 is 9.59 Å². The zero-order chi connectivity index (χ0) is 42.0. The van der Waals surface area contributed by atoms with Crippen molar-refractivity contribution in [1.82, 2.24) is 4.40 Å². The Hall–Kier alpha value is -7.88. The van der Waals surface area contributed by atoms with E-state index in [2.05, 4.69) is 180 Å². The maximum Gasteiger partial charge on any atom is 0.171 e. The minimum atomic E-state index is -0.349. The van der Waals surface area contributed by atoms with E-state index in [1.165, 1.54) is 93.0 Å². The molecule has 2 heterocycles. The molecule has 10 aromatic carbocycles. The van der Waals surface area contributed by atoms with Crippen molar-refractivity contribution in [2.24, 2.45) is 0 Å². The fraction of sp³-hybridized carbons (Fsp3) is 0.0968. The lowest BCUT2D eigenvalue weighted by atomic mass is 9.36. The molecule has 6 aliphatic rings. The first kappa shape index (κ1) is 32.7. The molecule has 3 nitrogen and oxygen atoms in total. The van der Waals surface area contributed by atoms with Gasteiger partial charge in [-0.1, -0.05) is 146 Å². The van der Waals surface area contributed by atoms with Crippen molar-refractivity contribution in [2.75, 3.05) is 0 Å². The number of hydrogen-bond donors (Lipinski definition) is 0. The Morgan fingerprint density at radius 1 is 0.323 bits per heavy atom. The number of benzene rings is 10. The molecule has 0 N–H and O–H groups in total. The van der Waals surface area contributed by atoms with Crippen LogP contribution in [0.25, 0.3) is 70.4 Å². The molecule has 6 unspecified atom stereocenters. The lowest BCUT2D eigenvalue weighted by Crippen LogP contribution is -2.61. The lowest BCUT2D eigenvalue weighted by molar-refractivity contribution is 0.0839. The minimum absolute atomic E-state index is 0.0805. The Labute approximate surface area is 371 Å². The molecule has 0 amide bonds. The highest BCUT2D eigenvalue weighted by atomic mass is 16.1. The van der Waals surface area contributed by atoms with E-state index in [-0.39, 0.29) is 46.1 Å². The molecule has 18 rings (SSSR count). The second kappa shape index (κ2) is 10.2. The molecule has 6 atom stereocenters. The molecular weight excluding hydrogens is 791 g/mol. The highest BCUT2D eigenvalue weighted by Gasteiger charge is 2.70. The van der Waals surface area contributed by atoms with Crippen LogP contribution < -0.4 is 0 Å². The summed E-state index contributed by atoms with van der Waals surface area (Å²) < 4.78 is 2.44. The SMILES string of the molecule is O=C1c2cc3c(cc2C2c4ccccc4C24c2ccccc2C14)c1cc2c4ccccc4c4ccccc4c2c2c4cc5c(cc4n3c12)C(=O)C1c2ccccc2C12c1ccccc1C52. The molecule has 6 aliphatic carbocycles. The van der Waals surface area contributed by atoms with Crippen molar-refractivity contribution in [1.29, 1.82) is 0 Å². The van der Waals surface area contributed by atoms with E-state index < -0.39 is 0 Å². The number of carbonyl (C=O) groups is 2. The van der Waals surface area contributed by atoms with Crippen LogP contribution in [0.5, 0.6) is 0 Å². The zero-order valence-electron chi connectivity index (χ0n) is 34.8. The van der Waals surface area contributed by atoms with Gasteiger partial charge >= 0.3 is 0 Å². The van der Waals surface area contributed by atoms with E-state index in [1.54, 1.807) is 0 Å². The predicted octanol–water partition coefficient (Wildman–Crippen LogP) is 13.7. The molecule has 0 saturated carbocycles. The Balaban J connectivity index is 1.02. The average Bonchev–Trinajstić information content (AvgIpc) is 3.82. The molecule has 0 fully saturated rings. The highest BCUT2D eigenvalue weighted by Crippen LogP contribution is 2.75. The van der Waals surface area contributed by atoms with Crippen LogP contribution in [0.4, 0.5) is 0 Å². The second-order valence-electron chi connectivity index (χ2n) is 20.0. The Kier molecular flexibility index (Phi) is 5.15. The quantitative estimate of drug-likeness (QED) is 0.143. The van der Waals surface area contributed by atoms with Gasteiger partial charge in [-0.05, 0) is 113 Å². The monoisotopic (exact) mass is 823 g/mol. The molecule has 0 radical (unpaired) electrons. The molecule has 2 spiro atoms. The number of carbonyl (C=O) groups excluding carboxylic acids is 2. The van der Waals surface area contributed by atoms with Crippen molar-refractivity contribution in [3.05, 3.63) is 243 Å². The first-order valence-corrected chi connectivity index (χ1v) is 23.1. The summed E-state index contributed by atoms with van der Waals surface area (Å²) >= 11 is 0. The average molecular weight is 824 g/mol. The van der Waals surface area contributed by atoms with E-state index in [9.17, 15) is 0 Å². The van der Waals surface area contributed by atoms with Gasteiger partial charge in [-0.15, -0.1) is 0 Å². The van der Waals surface area contributed by atoms with Crippen molar-refractivity contribution in [2.45, 2.75) is 34.5 Å². The van der Waals surface area contributed by atoms with Gasteiger partial charge < -0.3 is 4.40 Å². The third-order valence-corrected chi connectivity index (χ3v) is 18.0. The van der Waals surface area contributed by atoms with Crippen molar-refractivity contribution < 1.29 is 9.59 Å². The van der Waals surface area contributed by atoms with Gasteiger partial charge in [0.25, 0.3) is 0 Å². The van der Waals surface area contributed by atoms with Gasteiger partial charge in [-0.25, -0.2) is 0 Å². The number of fused-ring (bicyclic) bond motifs is 25. The van der Waals surface area contributed by atoms with Crippen LogP contribution in [0, 0.1) is 0 Å². The molecule has 0 aliphatic heterocycles. The number of Topliss-reactive ketones (excluding diaryl/α,β-unsaturated/α-hetero) is 2. The highest BCUT2D eigenvalue weighted by molar-refractivity contribution is 6.40. The molecule has 65 heavy (non-hydrogen) atoms. The van der Waals surface area contributed by atoms with Gasteiger partial charge in [0.2, 0.25) is 0 Å². The van der Waals surface area contributed by atoms with Gasteiger partial charge in [-0.2, -0.15) is 0 Å². The third-order valence-electron chi connectivity index (χ3n) is 18.0. The molecular formula is C62H33NO2. The fourth-order valence-corrected chi connectivity index (χ4v) is 15.9. The van der Waals surface area contributed by atoms with Crippen LogP contribution in [-0.2, 0) is 10.8 Å². The zero-order valence-corrected chi connectivity index (χ0v) is 34.8. The van der Waals surface area contributed by atoms with Gasteiger partial charge in [0.15, 0.2) is 11.6 Å². The number of rotatable bonds is 0. The van der Waals surface area contributed by atoms with E-state index in [0.717, 1.165) is 44.2 Å². The maximum atomic E-state index is 15.4. The van der Waals surface area contributed by atoms with Gasteiger partial charge in [0.1, 0.15) is 0 Å². The summed E-state index contributed by atoms with van der Waals surface area (Å²) in [4.78, 5) is 30.8. The Morgan fingerprint density at radius 2 is 0.723 bits per heavy atom. The molecule has 0 bridgehead atoms. The molecule has 298 valence electrons. The van der Waals surface area contributed by atoms with Crippen LogP contribution in [0.15, 0.2) is 176 Å². The molecule has 3 heteroatoms. The third kappa shape index (κ3) is 3.10. The molecule has 2 aromatic heterocycles. The van der Waals surface area contributed by atoms with Gasteiger partial charge in [0.05, 0.1) is 28.4 Å². The predicted molar refractivity (Wildman–Crippen MR) is 259 cm³/mol. The molecule has 0 saturated heterocycles.